The van der Waals surface area contributed by atoms with Gasteiger partial charge < -0.3 is 15.5 Å². The van der Waals surface area contributed by atoms with Crippen LogP contribution in [0, 0.1) is 0 Å². The van der Waals surface area contributed by atoms with Crippen LogP contribution in [-0.2, 0) is 4.79 Å². The molecule has 4 nitrogen and oxygen atoms in total. The van der Waals surface area contributed by atoms with Crippen molar-refractivity contribution in [1.29, 1.82) is 0 Å². The van der Waals surface area contributed by atoms with Crippen LogP contribution in [0.4, 0.5) is 0 Å². The van der Waals surface area contributed by atoms with Crippen molar-refractivity contribution in [2.75, 3.05) is 26.2 Å². The molecule has 0 spiro atoms. The summed E-state index contributed by atoms with van der Waals surface area (Å²) in [6, 6.07) is 0.595. The highest BCUT2D eigenvalue weighted by molar-refractivity contribution is 5.85. The number of hydrogen-bond donors (Lipinski definition) is 1. The summed E-state index contributed by atoms with van der Waals surface area (Å²) in [7, 11) is 0. The summed E-state index contributed by atoms with van der Waals surface area (Å²) in [5.74, 6) is 0.314. The van der Waals surface area contributed by atoms with Gasteiger partial charge in [-0.3, -0.25) is 4.79 Å². The maximum Gasteiger partial charge on any atom is 0.222 e. The van der Waals surface area contributed by atoms with Gasteiger partial charge in [0.15, 0.2) is 0 Å². The molecular formula is C14H29Cl2N3O. The molecule has 2 saturated heterocycles. The summed E-state index contributed by atoms with van der Waals surface area (Å²) >= 11 is 0. The summed E-state index contributed by atoms with van der Waals surface area (Å²) in [4.78, 5) is 16.8. The van der Waals surface area contributed by atoms with E-state index in [1.807, 2.05) is 6.92 Å². The molecule has 0 aromatic rings. The highest BCUT2D eigenvalue weighted by atomic mass is 35.5. The van der Waals surface area contributed by atoms with Crippen LogP contribution in [0.15, 0.2) is 0 Å². The summed E-state index contributed by atoms with van der Waals surface area (Å²) in [6.45, 7) is 6.45. The molecule has 0 bridgehead atoms. The molecule has 0 saturated carbocycles. The Bertz CT molecular complexity index is 284. The van der Waals surface area contributed by atoms with Crippen LogP contribution in [0.25, 0.3) is 0 Å². The van der Waals surface area contributed by atoms with E-state index in [2.05, 4.69) is 9.80 Å². The Morgan fingerprint density at radius 3 is 2.45 bits per heavy atom. The molecule has 0 aromatic carbocycles. The molecule has 2 rings (SSSR count). The summed E-state index contributed by atoms with van der Waals surface area (Å²) in [5.41, 5.74) is 5.73. The Morgan fingerprint density at radius 2 is 1.85 bits per heavy atom. The number of amides is 1. The number of likely N-dealkylation sites (tertiary alicyclic amines) is 2. The van der Waals surface area contributed by atoms with Gasteiger partial charge in [0.1, 0.15) is 0 Å². The molecule has 120 valence electrons. The van der Waals surface area contributed by atoms with E-state index >= 15 is 0 Å². The quantitative estimate of drug-likeness (QED) is 0.841. The van der Waals surface area contributed by atoms with E-state index in [0.29, 0.717) is 18.4 Å². The van der Waals surface area contributed by atoms with Gasteiger partial charge in [0, 0.05) is 31.6 Å². The normalized spacial score (nSPS) is 24.1. The number of hydrogen-bond acceptors (Lipinski definition) is 3. The number of nitrogens with zero attached hydrogens (tertiary/aromatic N) is 2. The van der Waals surface area contributed by atoms with Gasteiger partial charge in [-0.25, -0.2) is 0 Å². The van der Waals surface area contributed by atoms with Crippen molar-refractivity contribution >= 4 is 30.7 Å². The molecule has 20 heavy (non-hydrogen) atoms. The number of carbonyl (C=O) groups is 1. The molecule has 0 aromatic heterocycles. The van der Waals surface area contributed by atoms with Gasteiger partial charge in [-0.1, -0.05) is 0 Å². The first-order valence-corrected chi connectivity index (χ1v) is 7.44. The molecule has 2 heterocycles. The third-order valence-corrected chi connectivity index (χ3v) is 4.18. The second-order valence-electron chi connectivity index (χ2n) is 5.91. The van der Waals surface area contributed by atoms with Crippen molar-refractivity contribution in [1.82, 2.24) is 9.80 Å². The van der Waals surface area contributed by atoms with Crippen molar-refractivity contribution in [3.8, 4) is 0 Å². The molecule has 2 N–H and O–H groups in total. The highest BCUT2D eigenvalue weighted by Crippen LogP contribution is 2.21. The van der Waals surface area contributed by atoms with Gasteiger partial charge in [0.2, 0.25) is 5.91 Å². The molecule has 2 atom stereocenters. The van der Waals surface area contributed by atoms with Crippen molar-refractivity contribution < 1.29 is 4.79 Å². The Morgan fingerprint density at radius 1 is 1.20 bits per heavy atom. The van der Waals surface area contributed by atoms with E-state index in [-0.39, 0.29) is 30.9 Å². The lowest BCUT2D eigenvalue weighted by atomic mass is 10.1. The van der Waals surface area contributed by atoms with E-state index in [1.165, 1.54) is 38.8 Å². The van der Waals surface area contributed by atoms with Crippen molar-refractivity contribution in [3.63, 3.8) is 0 Å². The lowest BCUT2D eigenvalue weighted by molar-refractivity contribution is -0.132. The van der Waals surface area contributed by atoms with Gasteiger partial charge in [-0.05, 0) is 52.1 Å². The van der Waals surface area contributed by atoms with Gasteiger partial charge in [-0.2, -0.15) is 0 Å². The zero-order chi connectivity index (χ0) is 13.0. The molecule has 6 heteroatoms. The SMILES string of the molecule is CC(N)CCC(=O)N1CCCC1CN1CCCC1.Cl.Cl. The average molecular weight is 326 g/mol. The number of rotatable bonds is 5. The van der Waals surface area contributed by atoms with E-state index in [4.69, 9.17) is 5.73 Å². The third kappa shape index (κ3) is 5.76. The molecule has 2 aliphatic heterocycles. The zero-order valence-electron chi connectivity index (χ0n) is 12.4. The van der Waals surface area contributed by atoms with Gasteiger partial charge in [0.25, 0.3) is 0 Å². The lowest BCUT2D eigenvalue weighted by Crippen LogP contribution is -2.42. The van der Waals surface area contributed by atoms with Gasteiger partial charge in [-0.15, -0.1) is 24.8 Å². The first-order valence-electron chi connectivity index (χ1n) is 7.44. The first-order chi connectivity index (χ1) is 8.66. The van der Waals surface area contributed by atoms with Crippen LogP contribution in [0.1, 0.15) is 45.4 Å². The van der Waals surface area contributed by atoms with Crippen LogP contribution in [0.5, 0.6) is 0 Å². The minimum absolute atomic E-state index is 0. The van der Waals surface area contributed by atoms with Crippen molar-refractivity contribution in [3.05, 3.63) is 0 Å². The Balaban J connectivity index is 0.00000180. The Kier molecular flexibility index (Phi) is 9.81. The monoisotopic (exact) mass is 325 g/mol. The van der Waals surface area contributed by atoms with Gasteiger partial charge in [0.05, 0.1) is 0 Å². The second kappa shape index (κ2) is 9.82. The third-order valence-electron chi connectivity index (χ3n) is 4.18. The van der Waals surface area contributed by atoms with E-state index in [9.17, 15) is 4.79 Å². The number of carbonyl (C=O) groups excluding carboxylic acids is 1. The first kappa shape index (κ1) is 20.0. The number of nitrogens with two attached hydrogens (primary N) is 1. The lowest BCUT2D eigenvalue weighted by Gasteiger charge is -2.28. The fourth-order valence-electron chi connectivity index (χ4n) is 3.11. The summed E-state index contributed by atoms with van der Waals surface area (Å²) in [5, 5.41) is 0. The Hall–Kier alpha value is -0.0300. The average Bonchev–Trinajstić information content (AvgIpc) is 2.97. The van der Waals surface area contributed by atoms with Crippen LogP contribution >= 0.6 is 24.8 Å². The maximum atomic E-state index is 12.2. The predicted molar refractivity (Wildman–Crippen MR) is 87.8 cm³/mol. The van der Waals surface area contributed by atoms with Gasteiger partial charge >= 0.3 is 0 Å². The van der Waals surface area contributed by atoms with E-state index in [0.717, 1.165) is 19.5 Å². The minimum Gasteiger partial charge on any atom is -0.338 e. The molecule has 0 radical (unpaired) electrons. The van der Waals surface area contributed by atoms with Crippen LogP contribution < -0.4 is 5.73 Å². The smallest absolute Gasteiger partial charge is 0.222 e. The Labute approximate surface area is 135 Å². The molecule has 0 aliphatic carbocycles. The molecular weight excluding hydrogens is 297 g/mol. The van der Waals surface area contributed by atoms with Crippen molar-refractivity contribution in [2.45, 2.75) is 57.5 Å². The molecule has 2 fully saturated rings. The van der Waals surface area contributed by atoms with Crippen LogP contribution in [-0.4, -0.2) is 54.0 Å². The molecule has 2 unspecified atom stereocenters. The summed E-state index contributed by atoms with van der Waals surface area (Å²) in [6.07, 6.45) is 6.43. The van der Waals surface area contributed by atoms with E-state index in [1.54, 1.807) is 0 Å². The van der Waals surface area contributed by atoms with Crippen molar-refractivity contribution in [2.24, 2.45) is 5.73 Å². The number of halogens is 2. The zero-order valence-corrected chi connectivity index (χ0v) is 14.1. The standard InChI is InChI=1S/C14H27N3O.2ClH/c1-12(15)6-7-14(18)17-10-4-5-13(17)11-16-8-2-3-9-16;;/h12-13H,2-11,15H2,1H3;2*1H. The fraction of sp³-hybridized carbons (Fsp3) is 0.929. The van der Waals surface area contributed by atoms with Crippen LogP contribution in [0.2, 0.25) is 0 Å². The highest BCUT2D eigenvalue weighted by Gasteiger charge is 2.30. The van der Waals surface area contributed by atoms with Crippen LogP contribution in [0.3, 0.4) is 0 Å². The summed E-state index contributed by atoms with van der Waals surface area (Å²) < 4.78 is 0. The minimum atomic E-state index is 0. The maximum absolute atomic E-state index is 12.2. The fourth-order valence-corrected chi connectivity index (χ4v) is 3.11. The largest absolute Gasteiger partial charge is 0.338 e. The molecule has 1 amide bonds. The molecule has 2 aliphatic rings. The predicted octanol–water partition coefficient (Wildman–Crippen LogP) is 2.04. The topological polar surface area (TPSA) is 49.6 Å². The van der Waals surface area contributed by atoms with E-state index < -0.39 is 0 Å². The second-order valence-corrected chi connectivity index (χ2v) is 5.91.